The number of hydrogen-bond acceptors (Lipinski definition) is 3. The normalized spacial score (nSPS) is 11.7. The molecule has 0 bridgehead atoms. The van der Waals surface area contributed by atoms with Crippen molar-refractivity contribution < 1.29 is 23.1 Å². The van der Waals surface area contributed by atoms with E-state index in [0.29, 0.717) is 22.2 Å². The number of alkyl halides is 3. The lowest BCUT2D eigenvalue weighted by atomic mass is 10.0. The fourth-order valence-electron chi connectivity index (χ4n) is 3.20. The first-order valence-electron chi connectivity index (χ1n) is 8.59. The average molecular weight is 397 g/mol. The van der Waals surface area contributed by atoms with Gasteiger partial charge in [0, 0.05) is 23.6 Å². The molecule has 0 radical (unpaired) electrons. The molecule has 2 aromatic carbocycles. The maximum absolute atomic E-state index is 13.0. The summed E-state index contributed by atoms with van der Waals surface area (Å²) in [7, 11) is 1.42. The molecular formula is C21H14F3N3O2. The Morgan fingerprint density at radius 3 is 2.34 bits per heavy atom. The van der Waals surface area contributed by atoms with Crippen LogP contribution in [0.2, 0.25) is 0 Å². The molecule has 0 saturated carbocycles. The van der Waals surface area contributed by atoms with Crippen molar-refractivity contribution in [3.8, 4) is 22.5 Å². The Morgan fingerprint density at radius 1 is 1.00 bits per heavy atom. The minimum absolute atomic E-state index is 0.0707. The van der Waals surface area contributed by atoms with Gasteiger partial charge in [-0.1, -0.05) is 42.5 Å². The van der Waals surface area contributed by atoms with Crippen molar-refractivity contribution in [3.63, 3.8) is 0 Å². The van der Waals surface area contributed by atoms with Crippen LogP contribution in [-0.4, -0.2) is 25.8 Å². The Labute approximate surface area is 163 Å². The van der Waals surface area contributed by atoms with Gasteiger partial charge in [-0.2, -0.15) is 18.3 Å². The van der Waals surface area contributed by atoms with Crippen LogP contribution in [0.5, 0.6) is 0 Å². The zero-order valence-electron chi connectivity index (χ0n) is 15.1. The van der Waals surface area contributed by atoms with Crippen LogP contribution < -0.4 is 0 Å². The lowest BCUT2D eigenvalue weighted by molar-refractivity contribution is -0.141. The standard InChI is InChI=1S/C21H14F3N3O2/c1-27-18(11-19(26-27)21(22,23)24)13-7-8-14-15(20(28)29)10-16(25-17(14)9-13)12-5-3-2-4-6-12/h2-11H,1H3,(H,28,29). The zero-order valence-corrected chi connectivity index (χ0v) is 15.1. The third-order valence-corrected chi connectivity index (χ3v) is 4.58. The predicted molar refractivity (Wildman–Crippen MR) is 101 cm³/mol. The minimum Gasteiger partial charge on any atom is -0.478 e. The van der Waals surface area contributed by atoms with Gasteiger partial charge in [-0.15, -0.1) is 0 Å². The molecule has 1 N–H and O–H groups in total. The van der Waals surface area contributed by atoms with Gasteiger partial charge in [0.2, 0.25) is 0 Å². The Kier molecular flexibility index (Phi) is 4.34. The summed E-state index contributed by atoms with van der Waals surface area (Å²) in [6, 6.07) is 16.2. The maximum Gasteiger partial charge on any atom is 0.435 e. The van der Waals surface area contributed by atoms with Crippen molar-refractivity contribution in [2.45, 2.75) is 6.18 Å². The molecule has 0 aliphatic heterocycles. The van der Waals surface area contributed by atoms with Crippen molar-refractivity contribution in [1.82, 2.24) is 14.8 Å². The van der Waals surface area contributed by atoms with Crippen molar-refractivity contribution in [2.24, 2.45) is 7.05 Å². The molecule has 4 aromatic rings. The maximum atomic E-state index is 13.0. The van der Waals surface area contributed by atoms with E-state index in [9.17, 15) is 23.1 Å². The molecule has 2 heterocycles. The summed E-state index contributed by atoms with van der Waals surface area (Å²) in [4.78, 5) is 16.3. The SMILES string of the molecule is Cn1nc(C(F)(F)F)cc1-c1ccc2c(C(=O)O)cc(-c3ccccc3)nc2c1. The van der Waals surface area contributed by atoms with Crippen LogP contribution in [-0.2, 0) is 13.2 Å². The predicted octanol–water partition coefficient (Wildman–Crippen LogP) is 5.02. The average Bonchev–Trinajstić information content (AvgIpc) is 3.09. The van der Waals surface area contributed by atoms with E-state index in [1.165, 1.54) is 13.1 Å². The lowest BCUT2D eigenvalue weighted by Gasteiger charge is -2.09. The third-order valence-electron chi connectivity index (χ3n) is 4.58. The number of benzene rings is 2. The molecule has 0 fully saturated rings. The Hall–Kier alpha value is -3.68. The number of fused-ring (bicyclic) bond motifs is 1. The van der Waals surface area contributed by atoms with Crippen molar-refractivity contribution in [2.75, 3.05) is 0 Å². The quantitative estimate of drug-likeness (QED) is 0.527. The smallest absolute Gasteiger partial charge is 0.435 e. The number of carboxylic acids is 1. The van der Waals surface area contributed by atoms with Gasteiger partial charge >= 0.3 is 12.1 Å². The number of halogens is 3. The Bertz CT molecular complexity index is 1230. The topological polar surface area (TPSA) is 68.0 Å². The molecule has 146 valence electrons. The van der Waals surface area contributed by atoms with E-state index in [4.69, 9.17) is 0 Å². The molecule has 0 saturated heterocycles. The molecule has 8 heteroatoms. The van der Waals surface area contributed by atoms with E-state index < -0.39 is 17.8 Å². The first kappa shape index (κ1) is 18.7. The summed E-state index contributed by atoms with van der Waals surface area (Å²) in [6.45, 7) is 0. The Balaban J connectivity index is 1.92. The van der Waals surface area contributed by atoms with Gasteiger partial charge in [0.1, 0.15) is 0 Å². The highest BCUT2D eigenvalue weighted by Crippen LogP contribution is 2.33. The van der Waals surface area contributed by atoms with Crippen LogP contribution in [0, 0.1) is 0 Å². The molecule has 29 heavy (non-hydrogen) atoms. The van der Waals surface area contributed by atoms with E-state index in [2.05, 4.69) is 10.1 Å². The highest BCUT2D eigenvalue weighted by molar-refractivity contribution is 6.04. The lowest BCUT2D eigenvalue weighted by Crippen LogP contribution is -2.06. The van der Waals surface area contributed by atoms with Gasteiger partial charge in [-0.3, -0.25) is 4.68 Å². The van der Waals surface area contributed by atoms with E-state index in [1.807, 2.05) is 18.2 Å². The first-order chi connectivity index (χ1) is 13.7. The number of carbonyl (C=O) groups is 1. The van der Waals surface area contributed by atoms with Crippen LogP contribution in [0.4, 0.5) is 13.2 Å². The number of aromatic carboxylic acids is 1. The van der Waals surface area contributed by atoms with Crippen LogP contribution in [0.25, 0.3) is 33.4 Å². The van der Waals surface area contributed by atoms with Crippen LogP contribution in [0.15, 0.2) is 60.7 Å². The van der Waals surface area contributed by atoms with Gasteiger partial charge in [-0.05, 0) is 18.2 Å². The van der Waals surface area contributed by atoms with Crippen molar-refractivity contribution in [3.05, 3.63) is 71.9 Å². The largest absolute Gasteiger partial charge is 0.478 e. The van der Waals surface area contributed by atoms with E-state index in [1.54, 1.807) is 30.3 Å². The fourth-order valence-corrected chi connectivity index (χ4v) is 3.20. The molecule has 0 spiro atoms. The number of nitrogens with zero attached hydrogens (tertiary/aromatic N) is 3. The number of aryl methyl sites for hydroxylation is 1. The van der Waals surface area contributed by atoms with Crippen LogP contribution in [0.1, 0.15) is 16.1 Å². The molecule has 0 aliphatic carbocycles. The highest BCUT2D eigenvalue weighted by atomic mass is 19.4. The molecule has 0 unspecified atom stereocenters. The number of aromatic nitrogens is 3. The van der Waals surface area contributed by atoms with Crippen LogP contribution in [0.3, 0.4) is 0 Å². The van der Waals surface area contributed by atoms with Gasteiger partial charge in [-0.25, -0.2) is 9.78 Å². The zero-order chi connectivity index (χ0) is 20.8. The monoisotopic (exact) mass is 397 g/mol. The second-order valence-electron chi connectivity index (χ2n) is 6.49. The van der Waals surface area contributed by atoms with E-state index >= 15 is 0 Å². The minimum atomic E-state index is -4.55. The molecule has 2 aromatic heterocycles. The van der Waals surface area contributed by atoms with Gasteiger partial charge in [0.15, 0.2) is 5.69 Å². The fraction of sp³-hybridized carbons (Fsp3) is 0.0952. The molecule has 0 atom stereocenters. The second-order valence-corrected chi connectivity index (χ2v) is 6.49. The van der Waals surface area contributed by atoms with Crippen molar-refractivity contribution in [1.29, 1.82) is 0 Å². The number of hydrogen-bond donors (Lipinski definition) is 1. The molecule has 5 nitrogen and oxygen atoms in total. The molecular weight excluding hydrogens is 383 g/mol. The van der Waals surface area contributed by atoms with Crippen molar-refractivity contribution >= 4 is 16.9 Å². The number of carboxylic acid groups (broad SMARTS) is 1. The van der Waals surface area contributed by atoms with E-state index in [0.717, 1.165) is 16.3 Å². The third kappa shape index (κ3) is 3.44. The molecule has 0 aliphatic rings. The van der Waals surface area contributed by atoms with Gasteiger partial charge < -0.3 is 5.11 Å². The number of rotatable bonds is 3. The van der Waals surface area contributed by atoms with Gasteiger partial charge in [0.25, 0.3) is 0 Å². The number of pyridine rings is 1. The van der Waals surface area contributed by atoms with Crippen LogP contribution >= 0.6 is 0 Å². The summed E-state index contributed by atoms with van der Waals surface area (Å²) < 4.78 is 40.1. The van der Waals surface area contributed by atoms with Gasteiger partial charge in [0.05, 0.1) is 22.5 Å². The Morgan fingerprint density at radius 2 is 1.72 bits per heavy atom. The summed E-state index contributed by atoms with van der Waals surface area (Å²) in [5.74, 6) is -1.11. The second kappa shape index (κ2) is 6.73. The highest BCUT2D eigenvalue weighted by Gasteiger charge is 2.34. The first-order valence-corrected chi connectivity index (χ1v) is 8.59. The summed E-state index contributed by atoms with van der Waals surface area (Å²) in [5, 5.41) is 13.5. The molecule has 0 amide bonds. The summed E-state index contributed by atoms with van der Waals surface area (Å²) >= 11 is 0. The molecule has 4 rings (SSSR count). The van der Waals surface area contributed by atoms with E-state index in [-0.39, 0.29) is 11.3 Å². The summed E-state index contributed by atoms with van der Waals surface area (Å²) in [6.07, 6.45) is -4.55. The summed E-state index contributed by atoms with van der Waals surface area (Å²) in [5.41, 5.74) is 1.36.